The molecule has 27 heavy (non-hydrogen) atoms. The van der Waals surface area contributed by atoms with Crippen LogP contribution in [0.1, 0.15) is 58.2 Å². The largest absolute Gasteiger partial charge is 0.498 e. The first kappa shape index (κ1) is 18.1. The fraction of sp³-hybridized carbons (Fsp3) is 0.409. The van der Waals surface area contributed by atoms with E-state index in [1.54, 1.807) is 6.07 Å². The van der Waals surface area contributed by atoms with E-state index in [9.17, 15) is 5.26 Å². The molecule has 0 aromatic heterocycles. The average molecular weight is 361 g/mol. The summed E-state index contributed by atoms with van der Waals surface area (Å²) in [4.78, 5) is 0. The Labute approximate surface area is 161 Å². The number of hydrogen-bond acceptors (Lipinski definition) is 4. The molecule has 0 amide bonds. The fourth-order valence-electron chi connectivity index (χ4n) is 3.75. The second-order valence-corrected chi connectivity index (χ2v) is 8.86. The van der Waals surface area contributed by atoms with E-state index in [4.69, 9.17) is 14.0 Å². The lowest BCUT2D eigenvalue weighted by Crippen LogP contribution is -2.41. The predicted octanol–water partition coefficient (Wildman–Crippen LogP) is 4.29. The summed E-state index contributed by atoms with van der Waals surface area (Å²) in [5.74, 6) is 1.56. The van der Waals surface area contributed by atoms with Gasteiger partial charge in [-0.05, 0) is 45.9 Å². The van der Waals surface area contributed by atoms with Crippen LogP contribution in [0.5, 0.6) is 11.5 Å². The highest BCUT2D eigenvalue weighted by Gasteiger charge is 2.53. The van der Waals surface area contributed by atoms with E-state index in [0.29, 0.717) is 5.56 Å². The zero-order valence-corrected chi connectivity index (χ0v) is 16.7. The standard InChI is InChI=1S/C22H24BNO3/c1-20(2)15-8-7-9-17(23-26-21(3,4)22(5,6)27-23)19(15)25-18-11-10-14(13-24)12-16(18)20/h7-12H,1-6H3. The van der Waals surface area contributed by atoms with Crippen molar-refractivity contribution in [1.82, 2.24) is 0 Å². The van der Waals surface area contributed by atoms with Gasteiger partial charge in [0.1, 0.15) is 11.5 Å². The van der Waals surface area contributed by atoms with Crippen LogP contribution in [-0.2, 0) is 14.7 Å². The van der Waals surface area contributed by atoms with Crippen LogP contribution in [0.4, 0.5) is 0 Å². The normalized spacial score (nSPS) is 21.0. The van der Waals surface area contributed by atoms with E-state index in [2.05, 4.69) is 26.0 Å². The van der Waals surface area contributed by atoms with E-state index < -0.39 is 18.3 Å². The summed E-state index contributed by atoms with van der Waals surface area (Å²) >= 11 is 0. The summed E-state index contributed by atoms with van der Waals surface area (Å²) in [6.07, 6.45) is 0. The minimum atomic E-state index is -0.485. The second-order valence-electron chi connectivity index (χ2n) is 8.86. The third kappa shape index (κ3) is 2.59. The van der Waals surface area contributed by atoms with Crippen molar-refractivity contribution in [3.63, 3.8) is 0 Å². The lowest BCUT2D eigenvalue weighted by atomic mass is 9.70. The minimum absolute atomic E-state index is 0.296. The van der Waals surface area contributed by atoms with Gasteiger partial charge >= 0.3 is 7.12 Å². The Morgan fingerprint density at radius 1 is 0.889 bits per heavy atom. The maximum absolute atomic E-state index is 9.27. The topological polar surface area (TPSA) is 51.5 Å². The van der Waals surface area contributed by atoms with Crippen LogP contribution >= 0.6 is 0 Å². The van der Waals surface area contributed by atoms with Crippen LogP contribution in [0.3, 0.4) is 0 Å². The van der Waals surface area contributed by atoms with Gasteiger partial charge in [0.15, 0.2) is 0 Å². The first-order chi connectivity index (χ1) is 12.6. The van der Waals surface area contributed by atoms with Crippen molar-refractivity contribution >= 4 is 12.6 Å². The molecule has 0 spiro atoms. The van der Waals surface area contributed by atoms with Crippen LogP contribution < -0.4 is 10.2 Å². The van der Waals surface area contributed by atoms with Crippen molar-refractivity contribution in [2.24, 2.45) is 0 Å². The third-order valence-electron chi connectivity index (χ3n) is 6.22. The smallest absolute Gasteiger partial charge is 0.457 e. The monoisotopic (exact) mass is 361 g/mol. The number of hydrogen-bond donors (Lipinski definition) is 0. The number of ether oxygens (including phenoxy) is 1. The molecule has 2 aromatic carbocycles. The van der Waals surface area contributed by atoms with E-state index in [1.807, 2.05) is 52.0 Å². The Kier molecular flexibility index (Phi) is 3.76. The van der Waals surface area contributed by atoms with Crippen molar-refractivity contribution in [3.8, 4) is 17.6 Å². The molecule has 4 rings (SSSR count). The van der Waals surface area contributed by atoms with E-state index >= 15 is 0 Å². The van der Waals surface area contributed by atoms with Gasteiger partial charge in [-0.25, -0.2) is 0 Å². The molecule has 0 radical (unpaired) electrons. The van der Waals surface area contributed by atoms with Crippen LogP contribution in [0.15, 0.2) is 36.4 Å². The Morgan fingerprint density at radius 3 is 2.19 bits per heavy atom. The summed E-state index contributed by atoms with van der Waals surface area (Å²) in [5, 5.41) is 9.27. The zero-order valence-electron chi connectivity index (χ0n) is 16.7. The SMILES string of the molecule is CC1(C)c2cc(C#N)ccc2Oc2c(B3OC(C)(C)C(C)(C)O3)cccc21. The summed E-state index contributed by atoms with van der Waals surface area (Å²) in [6, 6.07) is 13.9. The predicted molar refractivity (Wildman–Crippen MR) is 106 cm³/mol. The number of nitrogens with zero attached hydrogens (tertiary/aromatic N) is 1. The van der Waals surface area contributed by atoms with Crippen molar-refractivity contribution < 1.29 is 14.0 Å². The number of para-hydroxylation sites is 1. The van der Waals surface area contributed by atoms with Crippen LogP contribution in [0.2, 0.25) is 0 Å². The van der Waals surface area contributed by atoms with Gasteiger partial charge in [0, 0.05) is 22.0 Å². The molecule has 138 valence electrons. The molecule has 0 bridgehead atoms. The molecule has 0 saturated carbocycles. The Morgan fingerprint density at radius 2 is 1.56 bits per heavy atom. The molecule has 5 heteroatoms. The Hall–Kier alpha value is -2.29. The molecule has 0 atom stereocenters. The van der Waals surface area contributed by atoms with Gasteiger partial charge in [0.25, 0.3) is 0 Å². The molecule has 2 heterocycles. The highest BCUT2D eigenvalue weighted by Crippen LogP contribution is 2.48. The molecule has 4 nitrogen and oxygen atoms in total. The van der Waals surface area contributed by atoms with Gasteiger partial charge in [-0.15, -0.1) is 0 Å². The number of nitriles is 1. The van der Waals surface area contributed by atoms with Crippen molar-refractivity contribution in [1.29, 1.82) is 5.26 Å². The van der Waals surface area contributed by atoms with E-state index in [1.165, 1.54) is 0 Å². The van der Waals surface area contributed by atoms with Gasteiger partial charge in [-0.2, -0.15) is 5.26 Å². The molecule has 2 aliphatic rings. The second kappa shape index (κ2) is 5.61. The van der Waals surface area contributed by atoms with E-state index in [-0.39, 0.29) is 5.41 Å². The van der Waals surface area contributed by atoms with Crippen molar-refractivity contribution in [2.75, 3.05) is 0 Å². The summed E-state index contributed by atoms with van der Waals surface area (Å²) < 4.78 is 18.9. The lowest BCUT2D eigenvalue weighted by molar-refractivity contribution is 0.00578. The van der Waals surface area contributed by atoms with Crippen LogP contribution in [0, 0.1) is 11.3 Å². The summed E-state index contributed by atoms with van der Waals surface area (Å²) in [7, 11) is -0.485. The molecule has 0 unspecified atom stereocenters. The maximum atomic E-state index is 9.27. The minimum Gasteiger partial charge on any atom is -0.457 e. The molecule has 1 saturated heterocycles. The molecular formula is C22H24BNO3. The van der Waals surface area contributed by atoms with Gasteiger partial charge in [0.2, 0.25) is 0 Å². The third-order valence-corrected chi connectivity index (χ3v) is 6.22. The zero-order chi connectivity index (χ0) is 19.6. The number of fused-ring (bicyclic) bond motifs is 2. The fourth-order valence-corrected chi connectivity index (χ4v) is 3.75. The highest BCUT2D eigenvalue weighted by molar-refractivity contribution is 6.63. The first-order valence-corrected chi connectivity index (χ1v) is 9.28. The summed E-state index contributed by atoms with van der Waals surface area (Å²) in [5.41, 5.74) is 2.49. The van der Waals surface area contributed by atoms with Crippen molar-refractivity contribution in [3.05, 3.63) is 53.1 Å². The van der Waals surface area contributed by atoms with E-state index in [0.717, 1.165) is 28.1 Å². The molecule has 2 aliphatic heterocycles. The molecule has 2 aromatic rings. The molecule has 0 aliphatic carbocycles. The van der Waals surface area contributed by atoms with Gasteiger partial charge in [0.05, 0.1) is 22.8 Å². The molecule has 1 fully saturated rings. The highest BCUT2D eigenvalue weighted by atomic mass is 16.7. The van der Waals surface area contributed by atoms with Crippen molar-refractivity contribution in [2.45, 2.75) is 58.2 Å². The number of benzene rings is 2. The quantitative estimate of drug-likeness (QED) is 0.711. The molecule has 0 N–H and O–H groups in total. The maximum Gasteiger partial charge on any atom is 0.498 e. The van der Waals surface area contributed by atoms with Gasteiger partial charge < -0.3 is 14.0 Å². The first-order valence-electron chi connectivity index (χ1n) is 9.28. The average Bonchev–Trinajstić information content (AvgIpc) is 2.82. The Bertz CT molecular complexity index is 956. The lowest BCUT2D eigenvalue weighted by Gasteiger charge is -2.35. The Balaban J connectivity index is 1.83. The van der Waals surface area contributed by atoms with Gasteiger partial charge in [-0.3, -0.25) is 0 Å². The number of rotatable bonds is 1. The summed E-state index contributed by atoms with van der Waals surface area (Å²) in [6.45, 7) is 12.5. The van der Waals surface area contributed by atoms with Crippen LogP contribution in [0.25, 0.3) is 0 Å². The molecular weight excluding hydrogens is 337 g/mol. The van der Waals surface area contributed by atoms with Crippen LogP contribution in [-0.4, -0.2) is 18.3 Å². The van der Waals surface area contributed by atoms with Gasteiger partial charge in [-0.1, -0.05) is 32.0 Å².